The second kappa shape index (κ2) is 5.19. The highest BCUT2D eigenvalue weighted by Crippen LogP contribution is 2.23. The van der Waals surface area contributed by atoms with Gasteiger partial charge in [-0.05, 0) is 24.1 Å². The Labute approximate surface area is 103 Å². The molecule has 0 saturated carbocycles. The molecule has 1 aromatic rings. The molecule has 4 nitrogen and oxygen atoms in total. The molecule has 1 amide bonds. The normalized spacial score (nSPS) is 11.3. The smallest absolute Gasteiger partial charge is 0.250 e. The van der Waals surface area contributed by atoms with E-state index in [2.05, 4.69) is 13.8 Å². The van der Waals surface area contributed by atoms with Crippen molar-refractivity contribution in [3.63, 3.8) is 0 Å². The average Bonchev–Trinajstić information content (AvgIpc) is 2.28. The highest BCUT2D eigenvalue weighted by Gasteiger charge is 2.20. The molecule has 0 aliphatic heterocycles. The zero-order valence-corrected chi connectivity index (χ0v) is 10.7. The van der Waals surface area contributed by atoms with E-state index in [1.165, 1.54) is 0 Å². The van der Waals surface area contributed by atoms with Gasteiger partial charge in [-0.3, -0.25) is 4.79 Å². The Morgan fingerprint density at radius 1 is 1.35 bits per heavy atom. The van der Waals surface area contributed by atoms with Gasteiger partial charge < -0.3 is 16.4 Å². The number of rotatable bonds is 5. The fourth-order valence-corrected chi connectivity index (χ4v) is 1.81. The fraction of sp³-hybridized carbons (Fsp3) is 0.462. The second-order valence-electron chi connectivity index (χ2n) is 5.11. The molecule has 0 heterocycles. The van der Waals surface area contributed by atoms with Crippen molar-refractivity contribution in [2.45, 2.75) is 13.8 Å². The SMILES string of the molecule is CN(CC(C)(C)CN)c1ccccc1C(N)=O. The van der Waals surface area contributed by atoms with Gasteiger partial charge in [0.1, 0.15) is 0 Å². The maximum absolute atomic E-state index is 11.3. The summed E-state index contributed by atoms with van der Waals surface area (Å²) in [5.74, 6) is -0.405. The minimum atomic E-state index is -0.405. The van der Waals surface area contributed by atoms with Gasteiger partial charge in [-0.1, -0.05) is 26.0 Å². The summed E-state index contributed by atoms with van der Waals surface area (Å²) >= 11 is 0. The van der Waals surface area contributed by atoms with E-state index in [0.717, 1.165) is 12.2 Å². The van der Waals surface area contributed by atoms with Crippen LogP contribution in [0.5, 0.6) is 0 Å². The second-order valence-corrected chi connectivity index (χ2v) is 5.11. The molecule has 0 unspecified atom stereocenters. The molecule has 0 aliphatic rings. The number of carbonyl (C=O) groups excluding carboxylic acids is 1. The number of hydrogen-bond acceptors (Lipinski definition) is 3. The number of benzene rings is 1. The van der Waals surface area contributed by atoms with E-state index in [4.69, 9.17) is 11.5 Å². The molecule has 0 atom stereocenters. The van der Waals surface area contributed by atoms with E-state index in [-0.39, 0.29) is 5.41 Å². The summed E-state index contributed by atoms with van der Waals surface area (Å²) in [4.78, 5) is 13.4. The first-order valence-electron chi connectivity index (χ1n) is 5.67. The first kappa shape index (κ1) is 13.5. The van der Waals surface area contributed by atoms with Gasteiger partial charge in [-0.25, -0.2) is 0 Å². The number of anilines is 1. The van der Waals surface area contributed by atoms with E-state index < -0.39 is 5.91 Å². The molecule has 0 radical (unpaired) electrons. The van der Waals surface area contributed by atoms with E-state index in [0.29, 0.717) is 12.1 Å². The molecule has 4 heteroatoms. The van der Waals surface area contributed by atoms with Crippen molar-refractivity contribution in [1.82, 2.24) is 0 Å². The van der Waals surface area contributed by atoms with Crippen molar-refractivity contribution in [2.24, 2.45) is 16.9 Å². The minimum Gasteiger partial charge on any atom is -0.373 e. The number of primary amides is 1. The summed E-state index contributed by atoms with van der Waals surface area (Å²) in [6.45, 7) is 5.55. The van der Waals surface area contributed by atoms with E-state index >= 15 is 0 Å². The van der Waals surface area contributed by atoms with Gasteiger partial charge in [0.05, 0.1) is 5.56 Å². The lowest BCUT2D eigenvalue weighted by Crippen LogP contribution is -2.37. The van der Waals surface area contributed by atoms with Crippen LogP contribution in [-0.2, 0) is 0 Å². The fourth-order valence-electron chi connectivity index (χ4n) is 1.81. The molecule has 0 aliphatic carbocycles. The molecule has 0 saturated heterocycles. The van der Waals surface area contributed by atoms with Crippen molar-refractivity contribution in [1.29, 1.82) is 0 Å². The highest BCUT2D eigenvalue weighted by atomic mass is 16.1. The number of nitrogens with zero attached hydrogens (tertiary/aromatic N) is 1. The zero-order valence-electron chi connectivity index (χ0n) is 10.7. The Morgan fingerprint density at radius 2 is 1.94 bits per heavy atom. The number of carbonyl (C=O) groups is 1. The van der Waals surface area contributed by atoms with Gasteiger partial charge >= 0.3 is 0 Å². The topological polar surface area (TPSA) is 72.3 Å². The van der Waals surface area contributed by atoms with Gasteiger partial charge in [0.15, 0.2) is 0 Å². The van der Waals surface area contributed by atoms with Crippen LogP contribution in [0, 0.1) is 5.41 Å². The van der Waals surface area contributed by atoms with E-state index in [9.17, 15) is 4.79 Å². The third kappa shape index (κ3) is 3.46. The lowest BCUT2D eigenvalue weighted by Gasteiger charge is -2.31. The van der Waals surface area contributed by atoms with Crippen LogP contribution in [0.25, 0.3) is 0 Å². The number of nitrogens with two attached hydrogens (primary N) is 2. The number of hydrogen-bond donors (Lipinski definition) is 2. The van der Waals surface area contributed by atoms with Crippen molar-refractivity contribution in [2.75, 3.05) is 25.0 Å². The minimum absolute atomic E-state index is 0.000488. The Bertz CT molecular complexity index is 401. The third-order valence-corrected chi connectivity index (χ3v) is 2.80. The van der Waals surface area contributed by atoms with Crippen LogP contribution in [-0.4, -0.2) is 26.0 Å². The first-order chi connectivity index (χ1) is 7.87. The van der Waals surface area contributed by atoms with Crippen LogP contribution in [0.4, 0.5) is 5.69 Å². The van der Waals surface area contributed by atoms with Gasteiger partial charge in [-0.2, -0.15) is 0 Å². The summed E-state index contributed by atoms with van der Waals surface area (Å²) in [6.07, 6.45) is 0. The van der Waals surface area contributed by atoms with Crippen molar-refractivity contribution in [3.8, 4) is 0 Å². The molecular weight excluding hydrogens is 214 g/mol. The molecule has 1 aromatic carbocycles. The lowest BCUT2D eigenvalue weighted by molar-refractivity contribution is 0.100. The van der Waals surface area contributed by atoms with Crippen molar-refractivity contribution < 1.29 is 4.79 Å². The monoisotopic (exact) mass is 235 g/mol. The first-order valence-corrected chi connectivity index (χ1v) is 5.67. The Hall–Kier alpha value is -1.55. The Balaban J connectivity index is 2.96. The summed E-state index contributed by atoms with van der Waals surface area (Å²) in [5.41, 5.74) is 12.5. The van der Waals surface area contributed by atoms with E-state index in [1.807, 2.05) is 30.1 Å². The molecule has 94 valence electrons. The summed E-state index contributed by atoms with van der Waals surface area (Å²) in [7, 11) is 1.94. The Morgan fingerprint density at radius 3 is 2.47 bits per heavy atom. The number of amides is 1. The van der Waals surface area contributed by atoms with Gasteiger partial charge in [0.25, 0.3) is 5.91 Å². The summed E-state index contributed by atoms with van der Waals surface area (Å²) < 4.78 is 0. The highest BCUT2D eigenvalue weighted by molar-refractivity contribution is 5.98. The molecule has 1 rings (SSSR count). The molecule has 4 N–H and O–H groups in total. The molecule has 0 fully saturated rings. The molecular formula is C13H21N3O. The third-order valence-electron chi connectivity index (χ3n) is 2.80. The average molecular weight is 235 g/mol. The molecule has 0 bridgehead atoms. The van der Waals surface area contributed by atoms with Crippen LogP contribution in [0.15, 0.2) is 24.3 Å². The van der Waals surface area contributed by atoms with Gasteiger partial charge in [0.2, 0.25) is 0 Å². The van der Waals surface area contributed by atoms with Crippen molar-refractivity contribution in [3.05, 3.63) is 29.8 Å². The van der Waals surface area contributed by atoms with Gasteiger partial charge in [0, 0.05) is 19.3 Å². The summed E-state index contributed by atoms with van der Waals surface area (Å²) in [6, 6.07) is 7.34. The van der Waals surface area contributed by atoms with Crippen molar-refractivity contribution >= 4 is 11.6 Å². The molecule has 17 heavy (non-hydrogen) atoms. The maximum Gasteiger partial charge on any atom is 0.250 e. The summed E-state index contributed by atoms with van der Waals surface area (Å²) in [5, 5.41) is 0. The maximum atomic E-state index is 11.3. The molecule has 0 spiro atoms. The molecule has 0 aromatic heterocycles. The largest absolute Gasteiger partial charge is 0.373 e. The Kier molecular flexibility index (Phi) is 4.12. The number of para-hydroxylation sites is 1. The zero-order chi connectivity index (χ0) is 13.1. The predicted octanol–water partition coefficient (Wildman–Crippen LogP) is 1.21. The van der Waals surface area contributed by atoms with Crippen LogP contribution < -0.4 is 16.4 Å². The van der Waals surface area contributed by atoms with Gasteiger partial charge in [-0.15, -0.1) is 0 Å². The van der Waals surface area contributed by atoms with Crippen LogP contribution in [0.3, 0.4) is 0 Å². The standard InChI is InChI=1S/C13H21N3O/c1-13(2,8-14)9-16(3)11-7-5-4-6-10(11)12(15)17/h4-7H,8-9,14H2,1-3H3,(H2,15,17). The van der Waals surface area contributed by atoms with Crippen LogP contribution in [0.1, 0.15) is 24.2 Å². The quantitative estimate of drug-likeness (QED) is 0.805. The lowest BCUT2D eigenvalue weighted by atomic mass is 9.93. The predicted molar refractivity (Wildman–Crippen MR) is 71.1 cm³/mol. The van der Waals surface area contributed by atoms with Crippen LogP contribution in [0.2, 0.25) is 0 Å². The van der Waals surface area contributed by atoms with E-state index in [1.54, 1.807) is 6.07 Å². The van der Waals surface area contributed by atoms with Crippen LogP contribution >= 0.6 is 0 Å².